The molecule has 2 N–H and O–H groups in total. The normalized spacial score (nSPS) is 19.8. The molecule has 1 aliphatic carbocycles. The molecule has 2 fully saturated rings. The van der Waals surface area contributed by atoms with Crippen LogP contribution in [0, 0.1) is 17.7 Å². The Balaban J connectivity index is 1.54. The van der Waals surface area contributed by atoms with E-state index in [2.05, 4.69) is 10.6 Å². The second-order valence-corrected chi connectivity index (χ2v) is 10.4. The van der Waals surface area contributed by atoms with Crippen LogP contribution >= 0.6 is 0 Å². The molecule has 0 radical (unpaired) electrons. The van der Waals surface area contributed by atoms with Crippen LogP contribution in [-0.2, 0) is 14.4 Å². The third-order valence-electron chi connectivity index (χ3n) is 7.93. The first kappa shape index (κ1) is 26.8. The van der Waals surface area contributed by atoms with Gasteiger partial charge in [-0.05, 0) is 50.2 Å². The SMILES string of the molecule is CC[C@@H](C)C(=O)N[C@H](C(=O)N1CCC[C@H]1C(=O)Nc1ccccc1-c1ccccc1F)C1CCCCC1. The maximum atomic E-state index is 14.5. The van der Waals surface area contributed by atoms with Crippen LogP contribution in [0.2, 0.25) is 0 Å². The molecule has 3 atom stereocenters. The summed E-state index contributed by atoms with van der Waals surface area (Å²) in [5, 5.41) is 6.02. The van der Waals surface area contributed by atoms with Crippen molar-refractivity contribution in [3.63, 3.8) is 0 Å². The zero-order chi connectivity index (χ0) is 26.4. The summed E-state index contributed by atoms with van der Waals surface area (Å²) in [6.45, 7) is 4.31. The summed E-state index contributed by atoms with van der Waals surface area (Å²) in [6.07, 6.45) is 7.01. The van der Waals surface area contributed by atoms with Gasteiger partial charge in [0.2, 0.25) is 17.7 Å². The predicted molar refractivity (Wildman–Crippen MR) is 143 cm³/mol. The smallest absolute Gasteiger partial charge is 0.247 e. The first-order valence-electron chi connectivity index (χ1n) is 13.7. The zero-order valence-electron chi connectivity index (χ0n) is 21.8. The molecule has 198 valence electrons. The van der Waals surface area contributed by atoms with Crippen molar-refractivity contribution in [3.8, 4) is 11.1 Å². The third kappa shape index (κ3) is 6.20. The quantitative estimate of drug-likeness (QED) is 0.493. The average molecular weight is 508 g/mol. The van der Waals surface area contributed by atoms with Crippen LogP contribution in [0.25, 0.3) is 11.1 Å². The highest BCUT2D eigenvalue weighted by atomic mass is 19.1. The van der Waals surface area contributed by atoms with Crippen LogP contribution < -0.4 is 10.6 Å². The monoisotopic (exact) mass is 507 g/mol. The highest BCUT2D eigenvalue weighted by molar-refractivity contribution is 6.01. The summed E-state index contributed by atoms with van der Waals surface area (Å²) in [5.74, 6) is -1.01. The summed E-state index contributed by atoms with van der Waals surface area (Å²) in [4.78, 5) is 41.8. The van der Waals surface area contributed by atoms with Gasteiger partial charge in [-0.1, -0.05) is 69.5 Å². The summed E-state index contributed by atoms with van der Waals surface area (Å²) in [6, 6.07) is 12.3. The van der Waals surface area contributed by atoms with Crippen molar-refractivity contribution in [2.45, 2.75) is 77.3 Å². The highest BCUT2D eigenvalue weighted by Gasteiger charge is 2.41. The molecule has 2 aliphatic rings. The van der Waals surface area contributed by atoms with Gasteiger partial charge in [0.15, 0.2) is 0 Å². The molecular formula is C30H38FN3O3. The molecule has 7 heteroatoms. The molecule has 6 nitrogen and oxygen atoms in total. The van der Waals surface area contributed by atoms with E-state index in [1.54, 1.807) is 47.4 Å². The van der Waals surface area contributed by atoms with E-state index in [0.717, 1.165) is 38.5 Å². The molecular weight excluding hydrogens is 469 g/mol. The lowest BCUT2D eigenvalue weighted by Gasteiger charge is -2.35. The molecule has 1 saturated heterocycles. The topological polar surface area (TPSA) is 78.5 Å². The van der Waals surface area contributed by atoms with E-state index in [0.29, 0.717) is 36.2 Å². The second kappa shape index (κ2) is 12.3. The maximum absolute atomic E-state index is 14.5. The standard InChI is InChI=1S/C30H38FN3O3/c1-3-20(2)28(35)33-27(21-12-5-4-6-13-21)30(37)34-19-11-18-26(34)29(36)32-25-17-10-8-15-23(25)22-14-7-9-16-24(22)31/h7-10,14-17,20-21,26-27H,3-6,11-13,18-19H2,1-2H3,(H,32,36)(H,33,35)/t20-,26+,27+/m1/s1. The van der Waals surface area contributed by atoms with Crippen LogP contribution in [0.5, 0.6) is 0 Å². The zero-order valence-corrected chi connectivity index (χ0v) is 21.8. The van der Waals surface area contributed by atoms with E-state index in [1.165, 1.54) is 6.07 Å². The number of hydrogen-bond acceptors (Lipinski definition) is 3. The Labute approximate surface area is 219 Å². The van der Waals surface area contributed by atoms with Gasteiger partial charge in [-0.25, -0.2) is 4.39 Å². The van der Waals surface area contributed by atoms with Gasteiger partial charge in [0.25, 0.3) is 0 Å². The van der Waals surface area contributed by atoms with Crippen LogP contribution in [0.4, 0.5) is 10.1 Å². The van der Waals surface area contributed by atoms with Gasteiger partial charge in [0.1, 0.15) is 17.9 Å². The first-order valence-corrected chi connectivity index (χ1v) is 13.7. The van der Waals surface area contributed by atoms with E-state index in [1.807, 2.05) is 13.8 Å². The summed E-state index contributed by atoms with van der Waals surface area (Å²) in [5.41, 5.74) is 1.50. The number of rotatable bonds is 8. The van der Waals surface area contributed by atoms with Gasteiger partial charge in [0, 0.05) is 29.3 Å². The lowest BCUT2D eigenvalue weighted by atomic mass is 9.83. The van der Waals surface area contributed by atoms with Crippen molar-refractivity contribution in [1.82, 2.24) is 10.2 Å². The third-order valence-corrected chi connectivity index (χ3v) is 7.93. The largest absolute Gasteiger partial charge is 0.344 e. The number of nitrogens with one attached hydrogen (secondary N) is 2. The van der Waals surface area contributed by atoms with E-state index in [9.17, 15) is 18.8 Å². The molecule has 0 bridgehead atoms. The summed E-state index contributed by atoms with van der Waals surface area (Å²) >= 11 is 0. The molecule has 2 aromatic rings. The van der Waals surface area contributed by atoms with Gasteiger partial charge >= 0.3 is 0 Å². The number of likely N-dealkylation sites (tertiary alicyclic amines) is 1. The second-order valence-electron chi connectivity index (χ2n) is 10.4. The molecule has 4 rings (SSSR count). The highest BCUT2D eigenvalue weighted by Crippen LogP contribution is 2.32. The Hall–Kier alpha value is -3.22. The molecule has 0 unspecified atom stereocenters. The van der Waals surface area contributed by atoms with Gasteiger partial charge in [-0.15, -0.1) is 0 Å². The van der Waals surface area contributed by atoms with Crippen molar-refractivity contribution >= 4 is 23.4 Å². The fraction of sp³-hybridized carbons (Fsp3) is 0.500. The van der Waals surface area contributed by atoms with Gasteiger partial charge in [0.05, 0.1) is 0 Å². The Bertz CT molecular complexity index is 1110. The van der Waals surface area contributed by atoms with Gasteiger partial charge < -0.3 is 15.5 Å². The minimum atomic E-state index is -0.632. The Morgan fingerprint density at radius 2 is 1.62 bits per heavy atom. The lowest BCUT2D eigenvalue weighted by molar-refractivity contribution is -0.142. The van der Waals surface area contributed by atoms with Crippen molar-refractivity contribution in [1.29, 1.82) is 0 Å². The number of hydrogen-bond donors (Lipinski definition) is 2. The van der Waals surface area contributed by atoms with Crippen LogP contribution in [0.1, 0.15) is 65.2 Å². The Morgan fingerprint density at radius 3 is 2.32 bits per heavy atom. The Morgan fingerprint density at radius 1 is 0.946 bits per heavy atom. The fourth-order valence-electron chi connectivity index (χ4n) is 5.53. The van der Waals surface area contributed by atoms with Crippen LogP contribution in [0.15, 0.2) is 48.5 Å². The number of para-hydroxylation sites is 1. The number of nitrogens with zero attached hydrogens (tertiary/aromatic N) is 1. The van der Waals surface area contributed by atoms with Crippen molar-refractivity contribution in [2.24, 2.45) is 11.8 Å². The predicted octanol–water partition coefficient (Wildman–Crippen LogP) is 5.53. The summed E-state index contributed by atoms with van der Waals surface area (Å²) < 4.78 is 14.5. The Kier molecular flexibility index (Phi) is 8.95. The van der Waals surface area contributed by atoms with Crippen molar-refractivity contribution in [2.75, 3.05) is 11.9 Å². The average Bonchev–Trinajstić information content (AvgIpc) is 3.42. The number of carbonyl (C=O) groups is 3. The molecule has 1 heterocycles. The number of anilines is 1. The number of carbonyl (C=O) groups excluding carboxylic acids is 3. The van der Waals surface area contributed by atoms with Crippen molar-refractivity contribution in [3.05, 3.63) is 54.3 Å². The molecule has 1 saturated carbocycles. The lowest BCUT2D eigenvalue weighted by Crippen LogP contribution is -2.56. The molecule has 0 aromatic heterocycles. The molecule has 37 heavy (non-hydrogen) atoms. The molecule has 3 amide bonds. The van der Waals surface area contributed by atoms with E-state index in [4.69, 9.17) is 0 Å². The van der Waals surface area contributed by atoms with Gasteiger partial charge in [-0.3, -0.25) is 14.4 Å². The fourth-order valence-corrected chi connectivity index (χ4v) is 5.53. The van der Waals surface area contributed by atoms with E-state index < -0.39 is 12.1 Å². The first-order chi connectivity index (χ1) is 17.9. The number of benzene rings is 2. The maximum Gasteiger partial charge on any atom is 0.247 e. The van der Waals surface area contributed by atoms with Crippen LogP contribution in [0.3, 0.4) is 0 Å². The van der Waals surface area contributed by atoms with Crippen LogP contribution in [-0.4, -0.2) is 41.2 Å². The van der Waals surface area contributed by atoms with Gasteiger partial charge in [-0.2, -0.15) is 0 Å². The number of halogens is 1. The molecule has 2 aromatic carbocycles. The molecule has 1 aliphatic heterocycles. The minimum absolute atomic E-state index is 0.0837. The summed E-state index contributed by atoms with van der Waals surface area (Å²) in [7, 11) is 0. The minimum Gasteiger partial charge on any atom is -0.344 e. The molecule has 0 spiro atoms. The van der Waals surface area contributed by atoms with E-state index >= 15 is 0 Å². The van der Waals surface area contributed by atoms with Crippen molar-refractivity contribution < 1.29 is 18.8 Å². The number of amides is 3. The van der Waals surface area contributed by atoms with E-state index in [-0.39, 0.29) is 35.4 Å².